The summed E-state index contributed by atoms with van der Waals surface area (Å²) in [6.45, 7) is 3.50. The Hall–Kier alpha value is -0.860. The molecule has 9 heavy (non-hydrogen) atoms. The van der Waals surface area contributed by atoms with Crippen LogP contribution in [0.5, 0.6) is 0 Å². The molecular formula is C6H10N2O. The molecule has 3 heteroatoms. The van der Waals surface area contributed by atoms with Gasteiger partial charge in [0.15, 0.2) is 0 Å². The van der Waals surface area contributed by atoms with Crippen molar-refractivity contribution in [2.75, 3.05) is 13.1 Å². The zero-order valence-electron chi connectivity index (χ0n) is 5.50. The molecule has 3 nitrogen and oxygen atoms in total. The number of nitroso groups, excluding NO2 is 1. The lowest BCUT2D eigenvalue weighted by Crippen LogP contribution is -2.23. The maximum Gasteiger partial charge on any atom is 0.0600 e. The van der Waals surface area contributed by atoms with E-state index in [0.29, 0.717) is 6.54 Å². The molecule has 0 amide bonds. The molecule has 0 saturated heterocycles. The van der Waals surface area contributed by atoms with E-state index in [1.54, 1.807) is 0 Å². The van der Waals surface area contributed by atoms with Gasteiger partial charge in [-0.05, 0) is 13.3 Å². The maximum atomic E-state index is 9.95. The van der Waals surface area contributed by atoms with Crippen molar-refractivity contribution >= 4 is 0 Å². The van der Waals surface area contributed by atoms with Crippen molar-refractivity contribution in [2.24, 2.45) is 5.29 Å². The van der Waals surface area contributed by atoms with Gasteiger partial charge in [-0.15, -0.1) is 4.91 Å². The third kappa shape index (κ3) is 1.52. The van der Waals surface area contributed by atoms with Gasteiger partial charge in [0.1, 0.15) is 0 Å². The van der Waals surface area contributed by atoms with Crippen LogP contribution in [-0.4, -0.2) is 18.1 Å². The predicted molar refractivity (Wildman–Crippen MR) is 35.7 cm³/mol. The summed E-state index contributed by atoms with van der Waals surface area (Å²) >= 11 is 0. The Labute approximate surface area is 54.3 Å². The second kappa shape index (κ2) is 2.62. The van der Waals surface area contributed by atoms with Crippen LogP contribution in [0.4, 0.5) is 0 Å². The Bertz CT molecular complexity index is 142. The Kier molecular flexibility index (Phi) is 1.82. The molecule has 1 aliphatic heterocycles. The van der Waals surface area contributed by atoms with Crippen molar-refractivity contribution < 1.29 is 0 Å². The summed E-state index contributed by atoms with van der Waals surface area (Å²) < 4.78 is 0. The Morgan fingerprint density at radius 3 is 3.00 bits per heavy atom. The molecule has 1 rings (SSSR count). The molecular weight excluding hydrogens is 116 g/mol. The van der Waals surface area contributed by atoms with E-state index in [1.807, 2.05) is 6.92 Å². The van der Waals surface area contributed by atoms with Gasteiger partial charge in [0.2, 0.25) is 0 Å². The van der Waals surface area contributed by atoms with E-state index in [0.717, 1.165) is 13.0 Å². The van der Waals surface area contributed by atoms with Crippen LogP contribution >= 0.6 is 0 Å². The summed E-state index contributed by atoms with van der Waals surface area (Å²) in [5.74, 6) is 0. The molecule has 50 valence electrons. The quantitative estimate of drug-likeness (QED) is 0.392. The first kappa shape index (κ1) is 6.26. The van der Waals surface area contributed by atoms with E-state index in [1.165, 1.54) is 10.6 Å². The second-order valence-corrected chi connectivity index (χ2v) is 2.31. The first-order valence-electron chi connectivity index (χ1n) is 3.07. The average molecular weight is 126 g/mol. The van der Waals surface area contributed by atoms with E-state index in [-0.39, 0.29) is 0 Å². The summed E-state index contributed by atoms with van der Waals surface area (Å²) in [6, 6.07) is 0. The number of rotatable bonds is 1. The highest BCUT2D eigenvalue weighted by atomic mass is 16.3. The Balaban J connectivity index is 2.48. The Morgan fingerprint density at radius 2 is 2.56 bits per heavy atom. The summed E-state index contributed by atoms with van der Waals surface area (Å²) in [6.07, 6.45) is 3.10. The fraction of sp³-hybridized carbons (Fsp3) is 0.667. The number of hydrogen-bond donors (Lipinski definition) is 0. The first-order valence-corrected chi connectivity index (χ1v) is 3.07. The largest absolute Gasteiger partial charge is 0.257 e. The zero-order chi connectivity index (χ0) is 6.69. The van der Waals surface area contributed by atoms with Gasteiger partial charge in [0.05, 0.1) is 11.8 Å². The molecule has 0 aromatic rings. The highest BCUT2D eigenvalue weighted by molar-refractivity contribution is 5.03. The molecule has 0 aromatic carbocycles. The van der Waals surface area contributed by atoms with Gasteiger partial charge in [0, 0.05) is 6.54 Å². The van der Waals surface area contributed by atoms with E-state index in [2.05, 4.69) is 11.4 Å². The number of hydrogen-bond acceptors (Lipinski definition) is 2. The van der Waals surface area contributed by atoms with Gasteiger partial charge in [0.25, 0.3) is 0 Å². The van der Waals surface area contributed by atoms with Crippen molar-refractivity contribution in [2.45, 2.75) is 13.3 Å². The van der Waals surface area contributed by atoms with Gasteiger partial charge in [-0.2, -0.15) is 0 Å². The predicted octanol–water partition coefficient (Wildman–Crippen LogP) is 1.32. The van der Waals surface area contributed by atoms with Crippen LogP contribution in [-0.2, 0) is 0 Å². The molecule has 0 N–H and O–H groups in total. The molecule has 0 saturated carbocycles. The van der Waals surface area contributed by atoms with Crippen molar-refractivity contribution in [3.63, 3.8) is 0 Å². The lowest BCUT2D eigenvalue weighted by molar-refractivity contribution is 0.302. The highest BCUT2D eigenvalue weighted by Gasteiger charge is 2.06. The number of nitrogens with zero attached hydrogens (tertiary/aromatic N) is 2. The van der Waals surface area contributed by atoms with Gasteiger partial charge < -0.3 is 0 Å². The van der Waals surface area contributed by atoms with Crippen LogP contribution in [0.15, 0.2) is 16.9 Å². The smallest absolute Gasteiger partial charge is 0.0600 e. The van der Waals surface area contributed by atoms with Gasteiger partial charge in [-0.1, -0.05) is 11.6 Å². The van der Waals surface area contributed by atoms with Crippen molar-refractivity contribution in [1.29, 1.82) is 0 Å². The fourth-order valence-electron chi connectivity index (χ4n) is 0.961. The van der Waals surface area contributed by atoms with Crippen LogP contribution in [0.25, 0.3) is 0 Å². The van der Waals surface area contributed by atoms with Crippen LogP contribution < -0.4 is 0 Å². The first-order chi connectivity index (χ1) is 4.33. The molecule has 0 spiro atoms. The summed E-state index contributed by atoms with van der Waals surface area (Å²) in [5.41, 5.74) is 1.24. The van der Waals surface area contributed by atoms with Gasteiger partial charge >= 0.3 is 0 Å². The van der Waals surface area contributed by atoms with Crippen LogP contribution in [0, 0.1) is 4.91 Å². The van der Waals surface area contributed by atoms with Crippen molar-refractivity contribution in [3.8, 4) is 0 Å². The molecule has 0 bridgehead atoms. The zero-order valence-corrected chi connectivity index (χ0v) is 5.50. The molecule has 0 unspecified atom stereocenters. The van der Waals surface area contributed by atoms with Crippen LogP contribution in [0.2, 0.25) is 0 Å². The normalized spacial score (nSPS) is 19.2. The van der Waals surface area contributed by atoms with E-state index in [9.17, 15) is 4.91 Å². The minimum Gasteiger partial charge on any atom is -0.257 e. The fourth-order valence-corrected chi connectivity index (χ4v) is 0.961. The van der Waals surface area contributed by atoms with E-state index < -0.39 is 0 Å². The highest BCUT2D eigenvalue weighted by Crippen LogP contribution is 2.07. The van der Waals surface area contributed by atoms with E-state index >= 15 is 0 Å². The van der Waals surface area contributed by atoms with Crippen LogP contribution in [0.3, 0.4) is 0 Å². The van der Waals surface area contributed by atoms with Crippen LogP contribution in [0.1, 0.15) is 13.3 Å². The van der Waals surface area contributed by atoms with Gasteiger partial charge in [-0.3, -0.25) is 5.01 Å². The minimum atomic E-state index is 0.712. The third-order valence-electron chi connectivity index (χ3n) is 1.43. The topological polar surface area (TPSA) is 32.7 Å². The average Bonchev–Trinajstić information content (AvgIpc) is 1.88. The molecule has 0 aromatic heterocycles. The molecule has 0 atom stereocenters. The summed E-state index contributed by atoms with van der Waals surface area (Å²) in [4.78, 5) is 9.95. The summed E-state index contributed by atoms with van der Waals surface area (Å²) in [7, 11) is 0. The van der Waals surface area contributed by atoms with E-state index in [4.69, 9.17) is 0 Å². The maximum absolute atomic E-state index is 9.95. The minimum absolute atomic E-state index is 0.712. The molecule has 0 fully saturated rings. The lowest BCUT2D eigenvalue weighted by Gasteiger charge is -2.18. The molecule has 1 aliphatic rings. The molecule has 0 radical (unpaired) electrons. The van der Waals surface area contributed by atoms with Crippen molar-refractivity contribution in [3.05, 3.63) is 16.6 Å². The monoisotopic (exact) mass is 126 g/mol. The second-order valence-electron chi connectivity index (χ2n) is 2.31. The SMILES string of the molecule is CC1=CCCN(N=O)C1. The van der Waals surface area contributed by atoms with Gasteiger partial charge in [-0.25, -0.2) is 0 Å². The Morgan fingerprint density at radius 1 is 1.78 bits per heavy atom. The lowest BCUT2D eigenvalue weighted by atomic mass is 10.2. The third-order valence-corrected chi connectivity index (χ3v) is 1.43. The molecule has 0 aliphatic carbocycles. The molecule has 1 heterocycles. The summed E-state index contributed by atoms with van der Waals surface area (Å²) in [5, 5.41) is 4.38. The van der Waals surface area contributed by atoms with Crippen molar-refractivity contribution in [1.82, 2.24) is 5.01 Å². The standard InChI is InChI=1S/C6H10N2O/c1-6-3-2-4-8(5-6)7-9/h3H,2,4-5H2,1H3.